The van der Waals surface area contributed by atoms with Crippen LogP contribution in [0, 0.1) is 23.7 Å². The van der Waals surface area contributed by atoms with Gasteiger partial charge in [-0.2, -0.15) is 0 Å². The quantitative estimate of drug-likeness (QED) is 0.744. The third-order valence-electron chi connectivity index (χ3n) is 5.08. The van der Waals surface area contributed by atoms with Crippen LogP contribution >= 0.6 is 23.2 Å². The van der Waals surface area contributed by atoms with E-state index in [0.717, 1.165) is 19.3 Å². The highest BCUT2D eigenvalue weighted by Gasteiger charge is 2.61. The van der Waals surface area contributed by atoms with Gasteiger partial charge in [-0.05, 0) is 49.3 Å². The Balaban J connectivity index is 1.79. The lowest BCUT2D eigenvalue weighted by Gasteiger charge is -2.19. The van der Waals surface area contributed by atoms with Gasteiger partial charge in [0.1, 0.15) is 0 Å². The SMILES string of the molecule is O=C1[C@@H]2[C@H]3CC[C@H](C3)[C@@H]2C(=O)N1c1cc(Cl)ccc1Cl. The van der Waals surface area contributed by atoms with Crippen molar-refractivity contribution in [3.63, 3.8) is 0 Å². The average Bonchev–Trinajstić information content (AvgIpc) is 3.08. The van der Waals surface area contributed by atoms with Crippen molar-refractivity contribution in [3.05, 3.63) is 28.2 Å². The Morgan fingerprint density at radius 3 is 2.20 bits per heavy atom. The Bertz CT molecular complexity index is 602. The van der Waals surface area contributed by atoms with E-state index in [2.05, 4.69) is 0 Å². The maximum absolute atomic E-state index is 12.7. The highest BCUT2D eigenvalue weighted by molar-refractivity contribution is 6.37. The van der Waals surface area contributed by atoms with E-state index < -0.39 is 0 Å². The van der Waals surface area contributed by atoms with Crippen LogP contribution in [0.5, 0.6) is 0 Å². The van der Waals surface area contributed by atoms with E-state index in [9.17, 15) is 9.59 Å². The molecule has 3 nitrogen and oxygen atoms in total. The molecule has 5 heteroatoms. The molecule has 1 aromatic carbocycles. The Morgan fingerprint density at radius 1 is 1.00 bits per heavy atom. The lowest BCUT2D eigenvalue weighted by molar-refractivity contribution is -0.123. The molecule has 3 aliphatic rings. The summed E-state index contributed by atoms with van der Waals surface area (Å²) in [6.45, 7) is 0. The summed E-state index contributed by atoms with van der Waals surface area (Å²) in [4.78, 5) is 26.6. The second-order valence-corrected chi connectivity index (χ2v) is 6.84. The van der Waals surface area contributed by atoms with Crippen molar-refractivity contribution in [2.45, 2.75) is 19.3 Å². The second-order valence-electron chi connectivity index (χ2n) is 5.99. The fourth-order valence-electron chi connectivity index (χ4n) is 4.30. The molecule has 4 atom stereocenters. The number of carbonyl (C=O) groups is 2. The molecule has 0 spiro atoms. The van der Waals surface area contributed by atoms with Gasteiger partial charge >= 0.3 is 0 Å². The zero-order chi connectivity index (χ0) is 14.0. The number of hydrogen-bond acceptors (Lipinski definition) is 2. The van der Waals surface area contributed by atoms with Crippen LogP contribution in [-0.4, -0.2) is 11.8 Å². The molecule has 2 saturated carbocycles. The van der Waals surface area contributed by atoms with Gasteiger partial charge in [-0.1, -0.05) is 23.2 Å². The zero-order valence-corrected chi connectivity index (χ0v) is 12.2. The van der Waals surface area contributed by atoms with E-state index in [1.54, 1.807) is 18.2 Å². The van der Waals surface area contributed by atoms with Gasteiger partial charge in [0, 0.05) is 5.02 Å². The maximum Gasteiger partial charge on any atom is 0.238 e. The molecule has 2 bridgehead atoms. The number of rotatable bonds is 1. The summed E-state index contributed by atoms with van der Waals surface area (Å²) >= 11 is 12.1. The minimum absolute atomic E-state index is 0.0867. The van der Waals surface area contributed by atoms with Crippen LogP contribution in [0.2, 0.25) is 10.0 Å². The predicted molar refractivity (Wildman–Crippen MR) is 76.8 cm³/mol. The van der Waals surface area contributed by atoms with Gasteiger partial charge in [0.05, 0.1) is 22.5 Å². The third-order valence-corrected chi connectivity index (χ3v) is 5.63. The first-order chi connectivity index (χ1) is 9.58. The number of imide groups is 1. The smallest absolute Gasteiger partial charge is 0.238 e. The third kappa shape index (κ3) is 1.54. The summed E-state index contributed by atoms with van der Waals surface area (Å²) in [5, 5.41) is 0.869. The molecule has 1 aliphatic heterocycles. The van der Waals surface area contributed by atoms with Crippen molar-refractivity contribution in [1.29, 1.82) is 0 Å². The molecule has 0 N–H and O–H groups in total. The summed E-state index contributed by atoms with van der Waals surface area (Å²) in [5.41, 5.74) is 0.433. The molecule has 104 valence electrons. The Hall–Kier alpha value is -1.06. The van der Waals surface area contributed by atoms with E-state index >= 15 is 0 Å². The van der Waals surface area contributed by atoms with Crippen molar-refractivity contribution in [1.82, 2.24) is 0 Å². The molecular weight excluding hydrogens is 297 g/mol. The van der Waals surface area contributed by atoms with Gasteiger partial charge < -0.3 is 0 Å². The van der Waals surface area contributed by atoms with Crippen LogP contribution in [0.25, 0.3) is 0 Å². The summed E-state index contributed by atoms with van der Waals surface area (Å²) < 4.78 is 0. The monoisotopic (exact) mass is 309 g/mol. The topological polar surface area (TPSA) is 37.4 Å². The van der Waals surface area contributed by atoms with Gasteiger partial charge in [-0.25, -0.2) is 4.90 Å². The van der Waals surface area contributed by atoms with Crippen LogP contribution in [0.3, 0.4) is 0 Å². The molecule has 0 radical (unpaired) electrons. The van der Waals surface area contributed by atoms with Gasteiger partial charge in [-0.3, -0.25) is 9.59 Å². The molecule has 0 aromatic heterocycles. The number of hydrogen-bond donors (Lipinski definition) is 0. The fraction of sp³-hybridized carbons (Fsp3) is 0.467. The second kappa shape index (κ2) is 4.22. The Labute approximate surface area is 126 Å². The molecule has 1 saturated heterocycles. The highest BCUT2D eigenvalue weighted by atomic mass is 35.5. The minimum atomic E-state index is -0.128. The van der Waals surface area contributed by atoms with Crippen LogP contribution in [-0.2, 0) is 9.59 Å². The average molecular weight is 310 g/mol. The van der Waals surface area contributed by atoms with Gasteiger partial charge in [-0.15, -0.1) is 0 Å². The first-order valence-corrected chi connectivity index (χ1v) is 7.66. The van der Waals surface area contributed by atoms with Crippen molar-refractivity contribution >= 4 is 40.7 Å². The van der Waals surface area contributed by atoms with Crippen LogP contribution < -0.4 is 4.90 Å². The van der Waals surface area contributed by atoms with Crippen molar-refractivity contribution in [3.8, 4) is 0 Å². The molecule has 2 aliphatic carbocycles. The molecule has 1 aromatic rings. The molecule has 1 heterocycles. The predicted octanol–water partition coefficient (Wildman–Crippen LogP) is 3.53. The Kier molecular flexibility index (Phi) is 2.67. The standard InChI is InChI=1S/C15H13Cl2NO2/c16-9-3-4-10(17)11(6-9)18-14(19)12-7-1-2-8(5-7)13(12)15(18)20/h3-4,6-8,12-13H,1-2,5H2/t7-,8+,12+,13-. The van der Waals surface area contributed by atoms with Crippen molar-refractivity contribution < 1.29 is 9.59 Å². The first kappa shape index (κ1) is 12.7. The fourth-order valence-corrected chi connectivity index (χ4v) is 4.67. The lowest BCUT2D eigenvalue weighted by atomic mass is 9.81. The number of nitrogens with zero attached hydrogens (tertiary/aromatic N) is 1. The summed E-state index contributed by atoms with van der Waals surface area (Å²) in [6, 6.07) is 4.88. The van der Waals surface area contributed by atoms with E-state index in [1.807, 2.05) is 0 Å². The van der Waals surface area contributed by atoms with Crippen LogP contribution in [0.1, 0.15) is 19.3 Å². The highest BCUT2D eigenvalue weighted by Crippen LogP contribution is 2.57. The number of anilines is 1. The van der Waals surface area contributed by atoms with Crippen molar-refractivity contribution in [2.24, 2.45) is 23.7 Å². The molecule has 20 heavy (non-hydrogen) atoms. The largest absolute Gasteiger partial charge is 0.274 e. The summed E-state index contributed by atoms with van der Waals surface area (Å²) in [5.74, 6) is 0.328. The van der Waals surface area contributed by atoms with Gasteiger partial charge in [0.25, 0.3) is 0 Å². The number of carbonyl (C=O) groups excluding carboxylic acids is 2. The maximum atomic E-state index is 12.7. The van der Waals surface area contributed by atoms with Crippen LogP contribution in [0.15, 0.2) is 18.2 Å². The molecular formula is C15H13Cl2NO2. The van der Waals surface area contributed by atoms with Gasteiger partial charge in [0.2, 0.25) is 11.8 Å². The minimum Gasteiger partial charge on any atom is -0.274 e. The zero-order valence-electron chi connectivity index (χ0n) is 10.7. The summed E-state index contributed by atoms with van der Waals surface area (Å²) in [7, 11) is 0. The summed E-state index contributed by atoms with van der Waals surface area (Å²) in [6.07, 6.45) is 3.17. The van der Waals surface area contributed by atoms with E-state index in [-0.39, 0.29) is 23.7 Å². The molecule has 2 amide bonds. The lowest BCUT2D eigenvalue weighted by Crippen LogP contribution is -2.33. The number of amides is 2. The van der Waals surface area contributed by atoms with E-state index in [4.69, 9.17) is 23.2 Å². The Morgan fingerprint density at radius 2 is 1.60 bits per heavy atom. The van der Waals surface area contributed by atoms with E-state index in [0.29, 0.717) is 27.6 Å². The van der Waals surface area contributed by atoms with Crippen molar-refractivity contribution in [2.75, 3.05) is 4.90 Å². The van der Waals surface area contributed by atoms with Crippen LogP contribution in [0.4, 0.5) is 5.69 Å². The number of benzene rings is 1. The molecule has 0 unspecified atom stereocenters. The first-order valence-electron chi connectivity index (χ1n) is 6.91. The number of halogens is 2. The number of fused-ring (bicyclic) bond motifs is 5. The molecule has 3 fully saturated rings. The van der Waals surface area contributed by atoms with Gasteiger partial charge in [0.15, 0.2) is 0 Å². The normalized spacial score (nSPS) is 35.0. The molecule has 4 rings (SSSR count). The van der Waals surface area contributed by atoms with E-state index in [1.165, 1.54) is 4.90 Å².